The van der Waals surface area contributed by atoms with E-state index < -0.39 is 6.04 Å². The molecule has 0 spiro atoms. The fourth-order valence-corrected chi connectivity index (χ4v) is 3.46. The summed E-state index contributed by atoms with van der Waals surface area (Å²) in [7, 11) is 0. The summed E-state index contributed by atoms with van der Waals surface area (Å²) in [4.78, 5) is 27.2. The third-order valence-electron chi connectivity index (χ3n) is 4.66. The van der Waals surface area contributed by atoms with Gasteiger partial charge < -0.3 is 15.0 Å². The monoisotopic (exact) mass is 474 g/mol. The molecule has 0 saturated heterocycles. The molecule has 5 nitrogen and oxygen atoms in total. The van der Waals surface area contributed by atoms with Gasteiger partial charge in [0.15, 0.2) is 0 Å². The number of hydrogen-bond acceptors (Lipinski definition) is 3. The predicted molar refractivity (Wildman–Crippen MR) is 123 cm³/mol. The highest BCUT2D eigenvalue weighted by atomic mass is 79.9. The average Bonchev–Trinajstić information content (AvgIpc) is 2.69. The van der Waals surface area contributed by atoms with Gasteiger partial charge in [-0.2, -0.15) is 0 Å². The number of rotatable bonds is 10. The number of carbonyl (C=O) groups excluding carboxylic acids is 2. The molecule has 1 atom stereocenters. The van der Waals surface area contributed by atoms with Crippen LogP contribution in [0.5, 0.6) is 5.75 Å². The number of nitrogens with one attached hydrogen (secondary N) is 1. The van der Waals surface area contributed by atoms with E-state index in [-0.39, 0.29) is 17.9 Å². The molecule has 1 N–H and O–H groups in total. The highest BCUT2D eigenvalue weighted by Crippen LogP contribution is 2.17. The quantitative estimate of drug-likeness (QED) is 0.500. The van der Waals surface area contributed by atoms with Crippen molar-refractivity contribution in [2.75, 3.05) is 6.61 Å². The maximum absolute atomic E-state index is 13.0. The zero-order valence-corrected chi connectivity index (χ0v) is 19.7. The van der Waals surface area contributed by atoms with Crippen LogP contribution in [0, 0.1) is 6.92 Å². The van der Waals surface area contributed by atoms with Gasteiger partial charge in [0, 0.05) is 23.5 Å². The topological polar surface area (TPSA) is 58.6 Å². The Morgan fingerprint density at radius 1 is 1.10 bits per heavy atom. The van der Waals surface area contributed by atoms with Crippen LogP contribution in [0.15, 0.2) is 53.0 Å². The number of nitrogens with zero attached hydrogens (tertiary/aromatic N) is 1. The Kier molecular flexibility index (Phi) is 9.37. The van der Waals surface area contributed by atoms with Crippen LogP contribution in [0.2, 0.25) is 0 Å². The van der Waals surface area contributed by atoms with Gasteiger partial charge in [-0.1, -0.05) is 45.8 Å². The molecule has 0 aliphatic heterocycles. The largest absolute Gasteiger partial charge is 0.494 e. The molecule has 30 heavy (non-hydrogen) atoms. The number of carbonyl (C=O) groups is 2. The Balaban J connectivity index is 1.99. The van der Waals surface area contributed by atoms with Gasteiger partial charge in [-0.25, -0.2) is 0 Å². The molecule has 0 fully saturated rings. The van der Waals surface area contributed by atoms with Crippen LogP contribution in [-0.2, 0) is 16.1 Å². The van der Waals surface area contributed by atoms with Gasteiger partial charge >= 0.3 is 0 Å². The third kappa shape index (κ3) is 7.82. The highest BCUT2D eigenvalue weighted by molar-refractivity contribution is 9.10. The van der Waals surface area contributed by atoms with Crippen molar-refractivity contribution < 1.29 is 14.3 Å². The normalized spacial score (nSPS) is 11.8. The maximum Gasteiger partial charge on any atom is 0.242 e. The molecule has 2 aromatic rings. The number of hydrogen-bond donors (Lipinski definition) is 1. The Labute approximate surface area is 187 Å². The van der Waals surface area contributed by atoms with E-state index in [0.717, 1.165) is 15.8 Å². The molecular weight excluding hydrogens is 444 g/mol. The number of benzene rings is 2. The van der Waals surface area contributed by atoms with Crippen molar-refractivity contribution in [2.24, 2.45) is 0 Å². The Morgan fingerprint density at radius 2 is 1.80 bits per heavy atom. The molecule has 2 amide bonds. The van der Waals surface area contributed by atoms with E-state index in [9.17, 15) is 9.59 Å². The SMILES string of the molecule is Cc1ccc(OCCCC(=O)N(Cc2cccc(Br)c2)C(C)C(=O)NC(C)C)cc1. The first-order chi connectivity index (χ1) is 14.3. The second-order valence-electron chi connectivity index (χ2n) is 7.76. The molecule has 0 radical (unpaired) electrons. The van der Waals surface area contributed by atoms with Crippen LogP contribution in [0.4, 0.5) is 0 Å². The summed E-state index contributed by atoms with van der Waals surface area (Å²) in [5.74, 6) is 0.585. The van der Waals surface area contributed by atoms with E-state index in [2.05, 4.69) is 21.2 Å². The molecule has 0 aliphatic rings. The molecule has 2 aromatic carbocycles. The summed E-state index contributed by atoms with van der Waals surface area (Å²) in [5.41, 5.74) is 2.15. The second kappa shape index (κ2) is 11.7. The van der Waals surface area contributed by atoms with E-state index in [0.29, 0.717) is 26.0 Å². The van der Waals surface area contributed by atoms with Crippen LogP contribution in [0.25, 0.3) is 0 Å². The minimum absolute atomic E-state index is 0.0191. The first-order valence-corrected chi connectivity index (χ1v) is 11.1. The van der Waals surface area contributed by atoms with Crippen molar-refractivity contribution in [1.29, 1.82) is 0 Å². The number of halogens is 1. The van der Waals surface area contributed by atoms with Crippen molar-refractivity contribution in [2.45, 2.75) is 59.2 Å². The second-order valence-corrected chi connectivity index (χ2v) is 8.67. The summed E-state index contributed by atoms with van der Waals surface area (Å²) in [5, 5.41) is 2.90. The van der Waals surface area contributed by atoms with Crippen LogP contribution in [-0.4, -0.2) is 35.4 Å². The summed E-state index contributed by atoms with van der Waals surface area (Å²) in [6, 6.07) is 15.1. The van der Waals surface area contributed by atoms with E-state index in [1.54, 1.807) is 11.8 Å². The molecular formula is C24H31BrN2O3. The molecule has 6 heteroatoms. The molecule has 0 saturated carbocycles. The maximum atomic E-state index is 13.0. The van der Waals surface area contributed by atoms with Crippen molar-refractivity contribution in [3.05, 3.63) is 64.1 Å². The van der Waals surface area contributed by atoms with E-state index >= 15 is 0 Å². The van der Waals surface area contributed by atoms with Crippen LogP contribution < -0.4 is 10.1 Å². The van der Waals surface area contributed by atoms with Crippen LogP contribution in [0.1, 0.15) is 44.7 Å². The van der Waals surface area contributed by atoms with Crippen molar-refractivity contribution >= 4 is 27.7 Å². The Bertz CT molecular complexity index is 837. The van der Waals surface area contributed by atoms with E-state index in [1.807, 2.05) is 69.3 Å². The summed E-state index contributed by atoms with van der Waals surface area (Å²) >= 11 is 3.47. The zero-order chi connectivity index (χ0) is 22.1. The summed E-state index contributed by atoms with van der Waals surface area (Å²) in [6.07, 6.45) is 0.902. The van der Waals surface area contributed by atoms with Crippen molar-refractivity contribution in [3.8, 4) is 5.75 Å². The standard InChI is InChI=1S/C24H31BrN2O3/c1-17(2)26-24(29)19(4)27(16-20-7-5-8-21(25)15-20)23(28)9-6-14-30-22-12-10-18(3)11-13-22/h5,7-8,10-13,15,17,19H,6,9,14,16H2,1-4H3,(H,26,29). The van der Waals surface area contributed by atoms with Crippen LogP contribution >= 0.6 is 15.9 Å². The first kappa shape index (κ1) is 23.9. The molecule has 0 heterocycles. The molecule has 0 aromatic heterocycles. The van der Waals surface area contributed by atoms with Gasteiger partial charge in [-0.3, -0.25) is 9.59 Å². The minimum atomic E-state index is -0.558. The molecule has 0 aliphatic carbocycles. The lowest BCUT2D eigenvalue weighted by atomic mass is 10.1. The number of amides is 2. The lowest BCUT2D eigenvalue weighted by Gasteiger charge is -2.29. The Hall–Kier alpha value is -2.34. The fraction of sp³-hybridized carbons (Fsp3) is 0.417. The number of ether oxygens (including phenoxy) is 1. The van der Waals surface area contributed by atoms with Crippen molar-refractivity contribution in [1.82, 2.24) is 10.2 Å². The van der Waals surface area contributed by atoms with Crippen LogP contribution in [0.3, 0.4) is 0 Å². The lowest BCUT2D eigenvalue weighted by molar-refractivity contribution is -0.141. The lowest BCUT2D eigenvalue weighted by Crippen LogP contribution is -2.49. The van der Waals surface area contributed by atoms with Gasteiger partial charge in [0.2, 0.25) is 11.8 Å². The van der Waals surface area contributed by atoms with E-state index in [1.165, 1.54) is 5.56 Å². The minimum Gasteiger partial charge on any atom is -0.494 e. The molecule has 162 valence electrons. The third-order valence-corrected chi connectivity index (χ3v) is 5.16. The van der Waals surface area contributed by atoms with E-state index in [4.69, 9.17) is 4.74 Å². The first-order valence-electron chi connectivity index (χ1n) is 10.3. The Morgan fingerprint density at radius 3 is 2.43 bits per heavy atom. The average molecular weight is 475 g/mol. The van der Waals surface area contributed by atoms with Gasteiger partial charge in [-0.05, 0) is 63.9 Å². The molecule has 1 unspecified atom stereocenters. The fourth-order valence-electron chi connectivity index (χ4n) is 3.01. The van der Waals surface area contributed by atoms with Gasteiger partial charge in [0.25, 0.3) is 0 Å². The molecule has 2 rings (SSSR count). The summed E-state index contributed by atoms with van der Waals surface area (Å²) in [6.45, 7) is 8.45. The summed E-state index contributed by atoms with van der Waals surface area (Å²) < 4.78 is 6.67. The predicted octanol–water partition coefficient (Wildman–Crippen LogP) is 4.86. The molecule has 0 bridgehead atoms. The number of aryl methyl sites for hydroxylation is 1. The van der Waals surface area contributed by atoms with Gasteiger partial charge in [0.1, 0.15) is 11.8 Å². The van der Waals surface area contributed by atoms with Gasteiger partial charge in [0.05, 0.1) is 6.61 Å². The van der Waals surface area contributed by atoms with Gasteiger partial charge in [-0.15, -0.1) is 0 Å². The van der Waals surface area contributed by atoms with Crippen molar-refractivity contribution in [3.63, 3.8) is 0 Å². The highest BCUT2D eigenvalue weighted by Gasteiger charge is 2.26. The zero-order valence-electron chi connectivity index (χ0n) is 18.2. The smallest absolute Gasteiger partial charge is 0.242 e.